The third-order valence-electron chi connectivity index (χ3n) is 2.97. The van der Waals surface area contributed by atoms with Crippen LogP contribution in [-0.2, 0) is 6.42 Å². The topological polar surface area (TPSA) is 52.3 Å². The van der Waals surface area contributed by atoms with Crippen molar-refractivity contribution in [2.24, 2.45) is 0 Å². The molecule has 0 N–H and O–H groups in total. The molecule has 0 saturated carbocycles. The fraction of sp³-hybridized carbons (Fsp3) is 0.125. The highest BCUT2D eigenvalue weighted by atomic mass is 16.6. The number of fused-ring (bicyclic) bond motifs is 1. The van der Waals surface area contributed by atoms with Crippen molar-refractivity contribution in [2.75, 3.05) is 6.61 Å². The van der Waals surface area contributed by atoms with Gasteiger partial charge in [-0.3, -0.25) is 0 Å². The Bertz CT molecular complexity index is 765. The van der Waals surface area contributed by atoms with Gasteiger partial charge in [0.1, 0.15) is 0 Å². The second-order valence-corrected chi connectivity index (χ2v) is 4.37. The molecule has 100 valence electrons. The standard InChI is InChI=1S/C16H13NO3/c18-15-13-8-4-5-9-14(13)17-16(20-15)19-11-10-12-6-2-1-3-7-12/h1-9H,10-11H2. The molecule has 0 aliphatic heterocycles. The van der Waals surface area contributed by atoms with Crippen LogP contribution < -0.4 is 10.4 Å². The predicted molar refractivity (Wildman–Crippen MR) is 75.9 cm³/mol. The SMILES string of the molecule is O=c1oc(OCCc2ccccc2)nc2ccccc12. The van der Waals surface area contributed by atoms with E-state index < -0.39 is 5.63 Å². The van der Waals surface area contributed by atoms with Crippen molar-refractivity contribution in [2.45, 2.75) is 6.42 Å². The van der Waals surface area contributed by atoms with Crippen LogP contribution in [0.5, 0.6) is 6.08 Å². The molecular weight excluding hydrogens is 254 g/mol. The van der Waals surface area contributed by atoms with Gasteiger partial charge in [0, 0.05) is 6.42 Å². The van der Waals surface area contributed by atoms with Crippen LogP contribution in [0.15, 0.2) is 63.8 Å². The van der Waals surface area contributed by atoms with Gasteiger partial charge in [-0.05, 0) is 17.7 Å². The van der Waals surface area contributed by atoms with Gasteiger partial charge in [0.05, 0.1) is 17.5 Å². The van der Waals surface area contributed by atoms with E-state index in [1.165, 1.54) is 0 Å². The summed E-state index contributed by atoms with van der Waals surface area (Å²) in [4.78, 5) is 15.9. The highest BCUT2D eigenvalue weighted by molar-refractivity contribution is 5.76. The van der Waals surface area contributed by atoms with Crippen LogP contribution in [0.25, 0.3) is 10.9 Å². The molecule has 0 radical (unpaired) electrons. The molecule has 0 amide bonds. The molecule has 0 bridgehead atoms. The van der Waals surface area contributed by atoms with Gasteiger partial charge in [0.2, 0.25) is 0 Å². The average Bonchev–Trinajstić information content (AvgIpc) is 2.48. The molecule has 0 aliphatic rings. The zero-order valence-electron chi connectivity index (χ0n) is 10.8. The maximum Gasteiger partial charge on any atom is 0.397 e. The number of aromatic nitrogens is 1. The Labute approximate surface area is 115 Å². The van der Waals surface area contributed by atoms with Crippen molar-refractivity contribution in [3.05, 3.63) is 70.6 Å². The van der Waals surface area contributed by atoms with Gasteiger partial charge in [-0.25, -0.2) is 4.79 Å². The average molecular weight is 267 g/mol. The summed E-state index contributed by atoms with van der Waals surface area (Å²) in [5.74, 6) is 0. The molecule has 0 spiro atoms. The maximum atomic E-state index is 11.7. The summed E-state index contributed by atoms with van der Waals surface area (Å²) in [6, 6.07) is 17.0. The smallest absolute Gasteiger partial charge is 0.397 e. The van der Waals surface area contributed by atoms with Gasteiger partial charge in [-0.1, -0.05) is 42.5 Å². The Morgan fingerprint density at radius 2 is 1.75 bits per heavy atom. The van der Waals surface area contributed by atoms with Crippen LogP contribution in [0, 0.1) is 0 Å². The van der Waals surface area contributed by atoms with Gasteiger partial charge in [-0.2, -0.15) is 4.98 Å². The van der Waals surface area contributed by atoms with Gasteiger partial charge in [-0.15, -0.1) is 0 Å². The predicted octanol–water partition coefficient (Wildman–Crippen LogP) is 2.81. The molecule has 1 heterocycles. The minimum absolute atomic E-state index is 0.0182. The summed E-state index contributed by atoms with van der Waals surface area (Å²) >= 11 is 0. The van der Waals surface area contributed by atoms with Crippen molar-refractivity contribution in [1.29, 1.82) is 0 Å². The van der Waals surface area contributed by atoms with Crippen LogP contribution in [0.1, 0.15) is 5.56 Å². The number of benzene rings is 2. The summed E-state index contributed by atoms with van der Waals surface area (Å²) in [6.45, 7) is 0.415. The van der Waals surface area contributed by atoms with Gasteiger partial charge in [0.15, 0.2) is 0 Å². The number of ether oxygens (including phenoxy) is 1. The summed E-state index contributed by atoms with van der Waals surface area (Å²) in [7, 11) is 0. The first kappa shape index (κ1) is 12.4. The van der Waals surface area contributed by atoms with Crippen LogP contribution in [0.3, 0.4) is 0 Å². The van der Waals surface area contributed by atoms with E-state index >= 15 is 0 Å². The van der Waals surface area contributed by atoms with E-state index in [9.17, 15) is 4.79 Å². The molecule has 3 aromatic rings. The maximum absolute atomic E-state index is 11.7. The summed E-state index contributed by atoms with van der Waals surface area (Å²) in [5.41, 5.74) is 1.32. The molecule has 0 fully saturated rings. The molecule has 20 heavy (non-hydrogen) atoms. The molecule has 0 saturated heterocycles. The number of hydrogen-bond donors (Lipinski definition) is 0. The number of para-hydroxylation sites is 1. The van der Waals surface area contributed by atoms with E-state index in [1.54, 1.807) is 18.2 Å². The van der Waals surface area contributed by atoms with Crippen molar-refractivity contribution in [1.82, 2.24) is 4.98 Å². The van der Waals surface area contributed by atoms with Gasteiger partial charge < -0.3 is 9.15 Å². The lowest BCUT2D eigenvalue weighted by atomic mass is 10.2. The molecule has 4 heteroatoms. The Morgan fingerprint density at radius 1 is 1.00 bits per heavy atom. The molecule has 1 aromatic heterocycles. The first-order valence-corrected chi connectivity index (χ1v) is 6.39. The van der Waals surface area contributed by atoms with Crippen molar-refractivity contribution >= 4 is 10.9 Å². The zero-order chi connectivity index (χ0) is 13.8. The molecule has 4 nitrogen and oxygen atoms in total. The Hall–Kier alpha value is -2.62. The molecule has 3 rings (SSSR count). The first-order chi connectivity index (χ1) is 9.83. The largest absolute Gasteiger partial charge is 0.450 e. The lowest BCUT2D eigenvalue weighted by molar-refractivity contribution is 0.219. The van der Waals surface area contributed by atoms with E-state index in [1.807, 2.05) is 36.4 Å². The third-order valence-corrected chi connectivity index (χ3v) is 2.97. The zero-order valence-corrected chi connectivity index (χ0v) is 10.8. The van der Waals surface area contributed by atoms with Gasteiger partial charge >= 0.3 is 11.7 Å². The van der Waals surface area contributed by atoms with E-state index in [-0.39, 0.29) is 6.08 Å². The minimum Gasteiger partial charge on any atom is -0.450 e. The number of hydrogen-bond acceptors (Lipinski definition) is 4. The van der Waals surface area contributed by atoms with E-state index in [0.29, 0.717) is 17.5 Å². The monoisotopic (exact) mass is 267 g/mol. The fourth-order valence-corrected chi connectivity index (χ4v) is 1.96. The van der Waals surface area contributed by atoms with E-state index in [4.69, 9.17) is 9.15 Å². The molecular formula is C16H13NO3. The second-order valence-electron chi connectivity index (χ2n) is 4.37. The lowest BCUT2D eigenvalue weighted by Gasteiger charge is -2.04. The molecule has 0 atom stereocenters. The highest BCUT2D eigenvalue weighted by Gasteiger charge is 2.06. The van der Waals surface area contributed by atoms with Crippen molar-refractivity contribution in [3.63, 3.8) is 0 Å². The summed E-state index contributed by atoms with van der Waals surface area (Å²) in [6.07, 6.45) is 0.753. The first-order valence-electron chi connectivity index (χ1n) is 6.39. The van der Waals surface area contributed by atoms with Crippen LogP contribution in [-0.4, -0.2) is 11.6 Å². The van der Waals surface area contributed by atoms with E-state index in [2.05, 4.69) is 4.98 Å². The van der Waals surface area contributed by atoms with Crippen molar-refractivity contribution < 1.29 is 9.15 Å². The Kier molecular flexibility index (Phi) is 3.46. The van der Waals surface area contributed by atoms with Gasteiger partial charge in [0.25, 0.3) is 0 Å². The Balaban J connectivity index is 1.73. The molecule has 2 aromatic carbocycles. The summed E-state index contributed by atoms with van der Waals surface area (Å²) in [5, 5.41) is 0.461. The molecule has 0 unspecified atom stereocenters. The Morgan fingerprint density at radius 3 is 2.60 bits per heavy atom. The summed E-state index contributed by atoms with van der Waals surface area (Å²) < 4.78 is 10.5. The quantitative estimate of drug-likeness (QED) is 0.729. The van der Waals surface area contributed by atoms with E-state index in [0.717, 1.165) is 12.0 Å². The van der Waals surface area contributed by atoms with Crippen LogP contribution in [0.4, 0.5) is 0 Å². The number of rotatable bonds is 4. The normalized spacial score (nSPS) is 10.6. The third kappa shape index (κ3) is 2.69. The van der Waals surface area contributed by atoms with Crippen molar-refractivity contribution in [3.8, 4) is 6.08 Å². The second kappa shape index (κ2) is 5.57. The van der Waals surface area contributed by atoms with Crippen LogP contribution in [0.2, 0.25) is 0 Å². The number of nitrogens with zero attached hydrogens (tertiary/aromatic N) is 1. The fourth-order valence-electron chi connectivity index (χ4n) is 1.96. The lowest BCUT2D eigenvalue weighted by Crippen LogP contribution is -2.07. The van der Waals surface area contributed by atoms with Crippen LogP contribution >= 0.6 is 0 Å². The highest BCUT2D eigenvalue weighted by Crippen LogP contribution is 2.12. The molecule has 0 aliphatic carbocycles. The minimum atomic E-state index is -0.426.